The number of hydrogen-bond acceptors (Lipinski definition) is 3. The largest absolute Gasteiger partial charge is 0.497 e. The smallest absolute Gasteiger partial charge is 0.118 e. The normalized spacial score (nSPS) is 15.1. The zero-order valence-corrected chi connectivity index (χ0v) is 8.73. The Bertz CT molecular complexity index is 379. The third kappa shape index (κ3) is 2.37. The van der Waals surface area contributed by atoms with Crippen molar-refractivity contribution < 1.29 is 4.74 Å². The molecule has 15 heavy (non-hydrogen) atoms. The summed E-state index contributed by atoms with van der Waals surface area (Å²) >= 11 is 0. The van der Waals surface area contributed by atoms with E-state index < -0.39 is 0 Å². The molecule has 0 atom stereocenters. The van der Waals surface area contributed by atoms with E-state index in [1.54, 1.807) is 7.11 Å². The van der Waals surface area contributed by atoms with E-state index in [9.17, 15) is 0 Å². The maximum Gasteiger partial charge on any atom is 0.118 e. The van der Waals surface area contributed by atoms with Crippen molar-refractivity contribution >= 4 is 11.9 Å². The van der Waals surface area contributed by atoms with Crippen molar-refractivity contribution in [3.05, 3.63) is 35.9 Å². The van der Waals surface area contributed by atoms with Gasteiger partial charge in [-0.1, -0.05) is 0 Å². The second kappa shape index (κ2) is 4.64. The van der Waals surface area contributed by atoms with Crippen LogP contribution in [0.4, 0.5) is 0 Å². The van der Waals surface area contributed by atoms with Gasteiger partial charge in [0.2, 0.25) is 0 Å². The number of hydrogen-bond donors (Lipinski definition) is 1. The highest BCUT2D eigenvalue weighted by molar-refractivity contribution is 5.84. The molecule has 0 aromatic heterocycles. The second-order valence-corrected chi connectivity index (χ2v) is 3.29. The molecule has 78 valence electrons. The van der Waals surface area contributed by atoms with Crippen LogP contribution in [0.1, 0.15) is 5.56 Å². The molecule has 1 heterocycles. The summed E-state index contributed by atoms with van der Waals surface area (Å²) in [5, 5.41) is 3.33. The number of methoxy groups -OCH3 is 1. The van der Waals surface area contributed by atoms with Crippen molar-refractivity contribution in [3.63, 3.8) is 0 Å². The highest BCUT2D eigenvalue weighted by Crippen LogP contribution is 2.16. The molecular formula is C12H14N2O. The summed E-state index contributed by atoms with van der Waals surface area (Å²) in [6.45, 7) is 1.71. The van der Waals surface area contributed by atoms with Crippen LogP contribution in [0, 0.1) is 0 Å². The number of nitrogens with zero attached hydrogens (tertiary/aromatic N) is 1. The van der Waals surface area contributed by atoms with E-state index in [1.807, 2.05) is 36.6 Å². The molecular weight excluding hydrogens is 188 g/mol. The van der Waals surface area contributed by atoms with E-state index in [-0.39, 0.29) is 0 Å². The molecule has 0 unspecified atom stereocenters. The van der Waals surface area contributed by atoms with Gasteiger partial charge >= 0.3 is 0 Å². The molecule has 0 radical (unpaired) electrons. The number of aliphatic imine (C=N–C) groups is 1. The van der Waals surface area contributed by atoms with Gasteiger partial charge in [-0.25, -0.2) is 0 Å². The van der Waals surface area contributed by atoms with Crippen LogP contribution in [0.3, 0.4) is 0 Å². The minimum absolute atomic E-state index is 0.830. The Balaban J connectivity index is 2.21. The first-order valence-electron chi connectivity index (χ1n) is 4.98. The molecule has 3 nitrogen and oxygen atoms in total. The zero-order chi connectivity index (χ0) is 10.5. The molecule has 1 N–H and O–H groups in total. The van der Waals surface area contributed by atoms with Gasteiger partial charge in [-0.05, 0) is 35.9 Å². The van der Waals surface area contributed by atoms with Crippen LogP contribution in [0.2, 0.25) is 0 Å². The van der Waals surface area contributed by atoms with Crippen LogP contribution in [0.15, 0.2) is 35.3 Å². The Morgan fingerprint density at radius 2 is 2.07 bits per heavy atom. The van der Waals surface area contributed by atoms with E-state index in [2.05, 4.69) is 10.3 Å². The van der Waals surface area contributed by atoms with Gasteiger partial charge in [0.25, 0.3) is 0 Å². The Kier molecular flexibility index (Phi) is 3.02. The lowest BCUT2D eigenvalue weighted by Gasteiger charge is -2.08. The fraction of sp³-hybridized carbons (Fsp3) is 0.250. The molecule has 1 aromatic carbocycles. The van der Waals surface area contributed by atoms with Gasteiger partial charge in [-0.3, -0.25) is 4.99 Å². The lowest BCUT2D eigenvalue weighted by Crippen LogP contribution is -2.14. The van der Waals surface area contributed by atoms with Crippen molar-refractivity contribution in [2.45, 2.75) is 0 Å². The molecule has 1 aliphatic heterocycles. The molecule has 3 heteroatoms. The van der Waals surface area contributed by atoms with Gasteiger partial charge in [0, 0.05) is 18.5 Å². The summed E-state index contributed by atoms with van der Waals surface area (Å²) in [7, 11) is 1.67. The summed E-state index contributed by atoms with van der Waals surface area (Å²) in [4.78, 5) is 4.19. The zero-order valence-electron chi connectivity index (χ0n) is 8.73. The van der Waals surface area contributed by atoms with Crippen LogP contribution < -0.4 is 10.1 Å². The predicted octanol–water partition coefficient (Wildman–Crippen LogP) is 1.71. The van der Waals surface area contributed by atoms with Crippen molar-refractivity contribution in [1.82, 2.24) is 5.32 Å². The minimum atomic E-state index is 0.830. The summed E-state index contributed by atoms with van der Waals surface area (Å²) in [6.07, 6.45) is 3.84. The van der Waals surface area contributed by atoms with Crippen molar-refractivity contribution in [2.24, 2.45) is 4.99 Å². The highest BCUT2D eigenvalue weighted by Gasteiger charge is 2.02. The summed E-state index contributed by atoms with van der Waals surface area (Å²) < 4.78 is 5.11. The molecule has 0 saturated carbocycles. The molecule has 0 saturated heterocycles. The van der Waals surface area contributed by atoms with Gasteiger partial charge in [-0.2, -0.15) is 0 Å². The first-order valence-corrected chi connectivity index (χ1v) is 4.98. The van der Waals surface area contributed by atoms with Crippen LogP contribution in [-0.2, 0) is 0 Å². The number of benzene rings is 1. The topological polar surface area (TPSA) is 33.6 Å². The monoisotopic (exact) mass is 202 g/mol. The molecule has 0 spiro atoms. The number of nitrogens with one attached hydrogen (secondary N) is 1. The summed E-state index contributed by atoms with van der Waals surface area (Å²) in [5.41, 5.74) is 2.27. The van der Waals surface area contributed by atoms with E-state index >= 15 is 0 Å². The molecule has 1 aliphatic rings. The maximum atomic E-state index is 5.11. The maximum absolute atomic E-state index is 5.11. The third-order valence-electron chi connectivity index (χ3n) is 2.30. The molecule has 0 aliphatic carbocycles. The van der Waals surface area contributed by atoms with Crippen LogP contribution in [0.25, 0.3) is 5.70 Å². The van der Waals surface area contributed by atoms with E-state index in [4.69, 9.17) is 4.74 Å². The average molecular weight is 202 g/mol. The standard InChI is InChI=1S/C12H14N2O/c1-15-11-4-2-10(3-5-11)12-6-7-13-8-9-14-12/h2-7,14H,8-9H2,1H3. The lowest BCUT2D eigenvalue weighted by molar-refractivity contribution is 0.415. The average Bonchev–Trinajstić information content (AvgIpc) is 2.58. The highest BCUT2D eigenvalue weighted by atomic mass is 16.5. The molecule has 0 amide bonds. The fourth-order valence-electron chi connectivity index (χ4n) is 1.48. The Hall–Kier alpha value is -1.77. The second-order valence-electron chi connectivity index (χ2n) is 3.29. The third-order valence-corrected chi connectivity index (χ3v) is 2.30. The Morgan fingerprint density at radius 3 is 2.80 bits per heavy atom. The molecule has 0 bridgehead atoms. The van der Waals surface area contributed by atoms with Crippen molar-refractivity contribution in [3.8, 4) is 5.75 Å². The first kappa shape index (κ1) is 9.77. The summed E-state index contributed by atoms with van der Waals surface area (Å²) in [6, 6.07) is 7.99. The Labute approximate surface area is 89.5 Å². The van der Waals surface area contributed by atoms with Crippen LogP contribution in [0.5, 0.6) is 5.75 Å². The van der Waals surface area contributed by atoms with Crippen molar-refractivity contribution in [1.29, 1.82) is 0 Å². The van der Waals surface area contributed by atoms with E-state index in [1.165, 1.54) is 0 Å². The number of rotatable bonds is 2. The quantitative estimate of drug-likeness (QED) is 0.792. The lowest BCUT2D eigenvalue weighted by atomic mass is 10.1. The van der Waals surface area contributed by atoms with Gasteiger partial charge < -0.3 is 10.1 Å². The Morgan fingerprint density at radius 1 is 1.27 bits per heavy atom. The summed E-state index contributed by atoms with van der Waals surface area (Å²) in [5.74, 6) is 0.877. The van der Waals surface area contributed by atoms with Gasteiger partial charge in [0.1, 0.15) is 5.75 Å². The van der Waals surface area contributed by atoms with Crippen LogP contribution in [-0.4, -0.2) is 26.4 Å². The van der Waals surface area contributed by atoms with E-state index in [0.717, 1.165) is 30.1 Å². The number of ether oxygens (including phenoxy) is 1. The SMILES string of the molecule is COc1ccc(C2=CC=NCCN2)cc1. The predicted molar refractivity (Wildman–Crippen MR) is 62.3 cm³/mol. The van der Waals surface area contributed by atoms with Gasteiger partial charge in [0.05, 0.1) is 13.7 Å². The van der Waals surface area contributed by atoms with Gasteiger partial charge in [0.15, 0.2) is 0 Å². The number of allylic oxidation sites excluding steroid dienone is 1. The molecule has 0 fully saturated rings. The van der Waals surface area contributed by atoms with Gasteiger partial charge in [-0.15, -0.1) is 0 Å². The fourth-order valence-corrected chi connectivity index (χ4v) is 1.48. The minimum Gasteiger partial charge on any atom is -0.497 e. The molecule has 2 rings (SSSR count). The first-order chi connectivity index (χ1) is 7.40. The van der Waals surface area contributed by atoms with E-state index in [0.29, 0.717) is 0 Å². The van der Waals surface area contributed by atoms with Crippen molar-refractivity contribution in [2.75, 3.05) is 20.2 Å². The van der Waals surface area contributed by atoms with Crippen LogP contribution >= 0.6 is 0 Å². The molecule has 1 aromatic rings.